The van der Waals surface area contributed by atoms with Crippen LogP contribution in [0, 0.1) is 6.92 Å². The molecule has 0 aliphatic heterocycles. The minimum atomic E-state index is 0.948. The highest BCUT2D eigenvalue weighted by molar-refractivity contribution is 6.11. The molecule has 0 aliphatic carbocycles. The number of pyridine rings is 2. The van der Waals surface area contributed by atoms with Crippen LogP contribution in [-0.2, 0) is 0 Å². The molecule has 0 saturated heterocycles. The Kier molecular flexibility index (Phi) is 3.68. The summed E-state index contributed by atoms with van der Waals surface area (Å²) in [5, 5.41) is 2.26. The lowest BCUT2D eigenvalue weighted by Gasteiger charge is -2.11. The fourth-order valence-electron chi connectivity index (χ4n) is 3.76. The molecule has 0 aliphatic rings. The zero-order valence-corrected chi connectivity index (χ0v) is 15.1. The van der Waals surface area contributed by atoms with Crippen LogP contribution in [0.1, 0.15) is 5.56 Å². The van der Waals surface area contributed by atoms with Crippen molar-refractivity contribution in [3.05, 3.63) is 96.8 Å². The summed E-state index contributed by atoms with van der Waals surface area (Å²) in [6.07, 6.45) is 3.77. The monoisotopic (exact) mass is 346 g/mol. The summed E-state index contributed by atoms with van der Waals surface area (Å²) < 4.78 is 0. The Bertz CT molecular complexity index is 1270. The molecular formula is C25H18N2. The molecule has 5 rings (SSSR count). The molecule has 0 N–H and O–H groups in total. The van der Waals surface area contributed by atoms with Gasteiger partial charge < -0.3 is 0 Å². The van der Waals surface area contributed by atoms with Crippen molar-refractivity contribution in [1.29, 1.82) is 0 Å². The van der Waals surface area contributed by atoms with Gasteiger partial charge in [0.1, 0.15) is 0 Å². The van der Waals surface area contributed by atoms with Crippen LogP contribution in [0.3, 0.4) is 0 Å². The summed E-state index contributed by atoms with van der Waals surface area (Å²) in [7, 11) is 0. The van der Waals surface area contributed by atoms with Crippen molar-refractivity contribution in [2.24, 2.45) is 0 Å². The number of aromatic nitrogens is 2. The lowest BCUT2D eigenvalue weighted by atomic mass is 9.96. The maximum Gasteiger partial charge on any atom is 0.0970 e. The lowest BCUT2D eigenvalue weighted by molar-refractivity contribution is 1.37. The molecule has 0 radical (unpaired) electrons. The summed E-state index contributed by atoms with van der Waals surface area (Å²) in [5.74, 6) is 0. The first kappa shape index (κ1) is 15.7. The fourth-order valence-corrected chi connectivity index (χ4v) is 3.76. The van der Waals surface area contributed by atoms with Crippen LogP contribution in [0.4, 0.5) is 0 Å². The second-order valence-corrected chi connectivity index (χ2v) is 6.81. The Labute approximate surface area is 158 Å². The molecule has 2 heteroatoms. The Hall–Kier alpha value is -3.52. The van der Waals surface area contributed by atoms with Gasteiger partial charge in [-0.25, -0.2) is 0 Å². The molecule has 5 aromatic rings. The number of hydrogen-bond donors (Lipinski definition) is 0. The third-order valence-electron chi connectivity index (χ3n) is 5.04. The van der Waals surface area contributed by atoms with E-state index in [1.807, 2.05) is 18.5 Å². The summed E-state index contributed by atoms with van der Waals surface area (Å²) in [5.41, 5.74) is 7.93. The maximum absolute atomic E-state index is 4.69. The topological polar surface area (TPSA) is 25.8 Å². The van der Waals surface area contributed by atoms with Crippen LogP contribution < -0.4 is 0 Å². The van der Waals surface area contributed by atoms with Crippen LogP contribution >= 0.6 is 0 Å². The first-order valence-electron chi connectivity index (χ1n) is 9.10. The third-order valence-corrected chi connectivity index (χ3v) is 5.04. The molecule has 0 atom stereocenters. The number of aryl methyl sites for hydroxylation is 1. The van der Waals surface area contributed by atoms with Gasteiger partial charge in [-0.1, -0.05) is 72.3 Å². The quantitative estimate of drug-likeness (QED) is 0.344. The van der Waals surface area contributed by atoms with E-state index in [1.54, 1.807) is 0 Å². The van der Waals surface area contributed by atoms with Gasteiger partial charge in [0.05, 0.1) is 11.0 Å². The molecule has 2 nitrogen and oxygen atoms in total. The van der Waals surface area contributed by atoms with Crippen molar-refractivity contribution < 1.29 is 0 Å². The van der Waals surface area contributed by atoms with Gasteiger partial charge in [-0.05, 0) is 41.3 Å². The predicted molar refractivity (Wildman–Crippen MR) is 113 cm³/mol. The molecule has 0 bridgehead atoms. The van der Waals surface area contributed by atoms with E-state index in [9.17, 15) is 0 Å². The van der Waals surface area contributed by atoms with E-state index < -0.39 is 0 Å². The minimum absolute atomic E-state index is 0.948. The molecular weight excluding hydrogens is 328 g/mol. The normalized spacial score (nSPS) is 11.1. The zero-order chi connectivity index (χ0) is 18.2. The highest BCUT2D eigenvalue weighted by Crippen LogP contribution is 2.34. The molecule has 3 aromatic carbocycles. The van der Waals surface area contributed by atoms with E-state index in [4.69, 9.17) is 4.98 Å². The first-order chi connectivity index (χ1) is 13.3. The van der Waals surface area contributed by atoms with E-state index in [2.05, 4.69) is 84.7 Å². The largest absolute Gasteiger partial charge is 0.254 e. The maximum atomic E-state index is 4.69. The average molecular weight is 346 g/mol. The summed E-state index contributed by atoms with van der Waals surface area (Å²) in [6.45, 7) is 2.12. The number of benzene rings is 3. The van der Waals surface area contributed by atoms with Crippen LogP contribution in [0.5, 0.6) is 0 Å². The molecule has 0 spiro atoms. The summed E-state index contributed by atoms with van der Waals surface area (Å²) in [4.78, 5) is 9.38. The van der Waals surface area contributed by atoms with Crippen LogP contribution in [0.15, 0.2) is 91.3 Å². The van der Waals surface area contributed by atoms with Crippen molar-refractivity contribution in [1.82, 2.24) is 9.97 Å². The molecule has 128 valence electrons. The summed E-state index contributed by atoms with van der Waals surface area (Å²) >= 11 is 0. The third kappa shape index (κ3) is 2.67. The van der Waals surface area contributed by atoms with Crippen LogP contribution in [0.2, 0.25) is 0 Å². The second-order valence-electron chi connectivity index (χ2n) is 6.81. The van der Waals surface area contributed by atoms with Crippen molar-refractivity contribution in [3.63, 3.8) is 0 Å². The number of rotatable bonds is 2. The van der Waals surface area contributed by atoms with E-state index >= 15 is 0 Å². The molecule has 0 amide bonds. The number of hydrogen-bond acceptors (Lipinski definition) is 2. The van der Waals surface area contributed by atoms with E-state index in [0.717, 1.165) is 21.8 Å². The Morgan fingerprint density at radius 3 is 1.78 bits per heavy atom. The fraction of sp³-hybridized carbons (Fsp3) is 0.0400. The second kappa shape index (κ2) is 6.33. The molecule has 0 fully saturated rings. The number of fused-ring (bicyclic) bond motifs is 3. The van der Waals surface area contributed by atoms with Crippen molar-refractivity contribution >= 4 is 21.8 Å². The zero-order valence-electron chi connectivity index (χ0n) is 15.1. The molecule has 2 heterocycles. The van der Waals surface area contributed by atoms with E-state index in [0.29, 0.717) is 0 Å². The molecule has 2 aromatic heterocycles. The van der Waals surface area contributed by atoms with Gasteiger partial charge in [-0.2, -0.15) is 0 Å². The SMILES string of the molecule is Cc1cccc(-c2ccnc3c2ccc2c(-c4ccccc4)ccnc23)c1. The van der Waals surface area contributed by atoms with Crippen molar-refractivity contribution in [2.45, 2.75) is 6.92 Å². The molecule has 27 heavy (non-hydrogen) atoms. The van der Waals surface area contributed by atoms with Gasteiger partial charge in [0.25, 0.3) is 0 Å². The molecule has 0 saturated carbocycles. The number of nitrogens with zero attached hydrogens (tertiary/aromatic N) is 2. The smallest absolute Gasteiger partial charge is 0.0970 e. The highest BCUT2D eigenvalue weighted by Gasteiger charge is 2.11. The van der Waals surface area contributed by atoms with E-state index in [-0.39, 0.29) is 0 Å². The summed E-state index contributed by atoms with van der Waals surface area (Å²) in [6, 6.07) is 27.5. The minimum Gasteiger partial charge on any atom is -0.254 e. The first-order valence-corrected chi connectivity index (χ1v) is 9.10. The van der Waals surface area contributed by atoms with Crippen LogP contribution in [0.25, 0.3) is 44.1 Å². The van der Waals surface area contributed by atoms with E-state index in [1.165, 1.54) is 27.8 Å². The predicted octanol–water partition coefficient (Wildman–Crippen LogP) is 6.43. The van der Waals surface area contributed by atoms with Gasteiger partial charge in [0.2, 0.25) is 0 Å². The highest BCUT2D eigenvalue weighted by atomic mass is 14.7. The Balaban J connectivity index is 1.81. The van der Waals surface area contributed by atoms with Crippen molar-refractivity contribution in [2.75, 3.05) is 0 Å². The standard InChI is InChI=1S/C25H18N2/c1-17-6-5-9-19(16-17)21-13-15-27-25-23(21)11-10-22-20(12-14-26-24(22)25)18-7-3-2-4-8-18/h2-16H,1H3. The average Bonchev–Trinajstić information content (AvgIpc) is 2.73. The van der Waals surface area contributed by atoms with Crippen LogP contribution in [-0.4, -0.2) is 9.97 Å². The van der Waals surface area contributed by atoms with Gasteiger partial charge in [0, 0.05) is 23.2 Å². The lowest BCUT2D eigenvalue weighted by Crippen LogP contribution is -1.90. The van der Waals surface area contributed by atoms with Gasteiger partial charge in [-0.3, -0.25) is 9.97 Å². The van der Waals surface area contributed by atoms with Gasteiger partial charge >= 0.3 is 0 Å². The Morgan fingerprint density at radius 2 is 1.15 bits per heavy atom. The van der Waals surface area contributed by atoms with Crippen molar-refractivity contribution in [3.8, 4) is 22.3 Å². The van der Waals surface area contributed by atoms with Gasteiger partial charge in [-0.15, -0.1) is 0 Å². The Morgan fingerprint density at radius 1 is 0.556 bits per heavy atom. The molecule has 0 unspecified atom stereocenters. The van der Waals surface area contributed by atoms with Gasteiger partial charge in [0.15, 0.2) is 0 Å².